The summed E-state index contributed by atoms with van der Waals surface area (Å²) in [6.45, 7) is 1.57. The van der Waals surface area contributed by atoms with E-state index in [0.29, 0.717) is 16.0 Å². The van der Waals surface area contributed by atoms with Gasteiger partial charge in [0, 0.05) is 10.5 Å². The number of rotatable bonds is 0. The average Bonchev–Trinajstić information content (AvgIpc) is 1.96. The smallest absolute Gasteiger partial charge is 0.128 e. The van der Waals surface area contributed by atoms with Crippen LogP contribution < -0.4 is 0 Å². The zero-order valence-corrected chi connectivity index (χ0v) is 6.82. The summed E-state index contributed by atoms with van der Waals surface area (Å²) in [5.41, 5.74) is 0.723. The third-order valence-corrected chi connectivity index (χ3v) is 1.71. The summed E-state index contributed by atoms with van der Waals surface area (Å²) >= 11 is 3.93. The number of thiol groups is 1. The molecule has 1 aromatic rings. The first-order valence-corrected chi connectivity index (χ1v) is 3.49. The summed E-state index contributed by atoms with van der Waals surface area (Å²) in [5.74, 6) is -0.381. The molecule has 1 rings (SSSR count). The minimum absolute atomic E-state index is 0.343. The van der Waals surface area contributed by atoms with Gasteiger partial charge in [-0.05, 0) is 19.1 Å². The molecule has 0 saturated carbocycles. The summed E-state index contributed by atoms with van der Waals surface area (Å²) in [7, 11) is 0. The standard InChI is InChI=1S/C8H6FNS/c1-5-6(4-10)2-7(11)3-8(5)9/h2-3,11H,1H3. The molecular formula is C8H6FNS. The van der Waals surface area contributed by atoms with Crippen LogP contribution in [0, 0.1) is 24.1 Å². The van der Waals surface area contributed by atoms with Crippen LogP contribution in [0.25, 0.3) is 0 Å². The molecule has 0 aliphatic carbocycles. The predicted molar refractivity (Wildman–Crippen MR) is 43.1 cm³/mol. The van der Waals surface area contributed by atoms with Crippen molar-refractivity contribution in [2.75, 3.05) is 0 Å². The Balaban J connectivity index is 3.39. The molecule has 0 amide bonds. The molecule has 0 aliphatic rings. The van der Waals surface area contributed by atoms with Crippen LogP contribution >= 0.6 is 12.6 Å². The fourth-order valence-electron chi connectivity index (χ4n) is 0.781. The minimum Gasteiger partial charge on any atom is -0.207 e. The van der Waals surface area contributed by atoms with E-state index < -0.39 is 0 Å². The Kier molecular flexibility index (Phi) is 2.16. The summed E-state index contributed by atoms with van der Waals surface area (Å²) in [5, 5.41) is 8.52. The van der Waals surface area contributed by atoms with E-state index in [-0.39, 0.29) is 5.82 Å². The number of hydrogen-bond donors (Lipinski definition) is 1. The van der Waals surface area contributed by atoms with Crippen molar-refractivity contribution in [1.82, 2.24) is 0 Å². The molecular weight excluding hydrogens is 161 g/mol. The van der Waals surface area contributed by atoms with E-state index in [4.69, 9.17) is 5.26 Å². The van der Waals surface area contributed by atoms with E-state index in [9.17, 15) is 4.39 Å². The Bertz CT molecular complexity index is 328. The van der Waals surface area contributed by atoms with Gasteiger partial charge >= 0.3 is 0 Å². The maximum atomic E-state index is 12.8. The first-order chi connectivity index (χ1) is 5.15. The van der Waals surface area contributed by atoms with Crippen molar-refractivity contribution < 1.29 is 4.39 Å². The second-order valence-corrected chi connectivity index (χ2v) is 2.73. The van der Waals surface area contributed by atoms with Gasteiger partial charge in [0.05, 0.1) is 11.6 Å². The van der Waals surface area contributed by atoms with Gasteiger partial charge in [-0.2, -0.15) is 5.26 Å². The Morgan fingerprint density at radius 2 is 2.18 bits per heavy atom. The second kappa shape index (κ2) is 2.93. The zero-order chi connectivity index (χ0) is 8.43. The monoisotopic (exact) mass is 167 g/mol. The normalized spacial score (nSPS) is 9.27. The Morgan fingerprint density at radius 1 is 1.55 bits per heavy atom. The topological polar surface area (TPSA) is 23.8 Å². The van der Waals surface area contributed by atoms with Gasteiger partial charge in [0.15, 0.2) is 0 Å². The summed E-state index contributed by atoms with van der Waals surface area (Å²) in [4.78, 5) is 0.477. The molecule has 0 N–H and O–H groups in total. The fourth-order valence-corrected chi connectivity index (χ4v) is 1.02. The molecule has 0 atom stereocenters. The molecule has 0 saturated heterocycles. The molecule has 0 radical (unpaired) electrons. The van der Waals surface area contributed by atoms with Gasteiger partial charge < -0.3 is 0 Å². The first-order valence-electron chi connectivity index (χ1n) is 3.04. The van der Waals surface area contributed by atoms with Crippen molar-refractivity contribution >= 4 is 12.6 Å². The largest absolute Gasteiger partial charge is 0.207 e. The highest BCUT2D eigenvalue weighted by Gasteiger charge is 2.03. The number of nitriles is 1. The summed E-state index contributed by atoms with van der Waals surface area (Å²) < 4.78 is 12.8. The van der Waals surface area contributed by atoms with Gasteiger partial charge in [-0.15, -0.1) is 12.6 Å². The summed E-state index contributed by atoms with van der Waals surface area (Å²) in [6.07, 6.45) is 0. The van der Waals surface area contributed by atoms with E-state index in [1.807, 2.05) is 6.07 Å². The van der Waals surface area contributed by atoms with Crippen molar-refractivity contribution in [3.05, 3.63) is 29.1 Å². The lowest BCUT2D eigenvalue weighted by Crippen LogP contribution is -1.87. The molecule has 1 aromatic carbocycles. The van der Waals surface area contributed by atoms with E-state index in [2.05, 4.69) is 12.6 Å². The molecule has 0 aliphatic heterocycles. The average molecular weight is 167 g/mol. The van der Waals surface area contributed by atoms with Crippen molar-refractivity contribution in [2.24, 2.45) is 0 Å². The first kappa shape index (κ1) is 8.09. The molecule has 0 aromatic heterocycles. The molecule has 0 fully saturated rings. The van der Waals surface area contributed by atoms with Crippen molar-refractivity contribution in [2.45, 2.75) is 11.8 Å². The molecule has 3 heteroatoms. The van der Waals surface area contributed by atoms with Crippen LogP contribution in [0.15, 0.2) is 17.0 Å². The van der Waals surface area contributed by atoms with E-state index >= 15 is 0 Å². The van der Waals surface area contributed by atoms with Gasteiger partial charge in [-0.3, -0.25) is 0 Å². The third-order valence-electron chi connectivity index (χ3n) is 1.45. The van der Waals surface area contributed by atoms with Gasteiger partial charge in [0.25, 0.3) is 0 Å². The number of nitrogens with zero attached hydrogens (tertiary/aromatic N) is 1. The number of halogens is 1. The van der Waals surface area contributed by atoms with Gasteiger partial charge in [-0.1, -0.05) is 0 Å². The van der Waals surface area contributed by atoms with Crippen LogP contribution in [0.4, 0.5) is 4.39 Å². The van der Waals surface area contributed by atoms with Crippen LogP contribution in [0.5, 0.6) is 0 Å². The van der Waals surface area contributed by atoms with Gasteiger partial charge in [-0.25, -0.2) is 4.39 Å². The fraction of sp³-hybridized carbons (Fsp3) is 0.125. The maximum absolute atomic E-state index is 12.8. The van der Waals surface area contributed by atoms with Gasteiger partial charge in [0.1, 0.15) is 5.82 Å². The number of benzene rings is 1. The van der Waals surface area contributed by atoms with E-state index in [0.717, 1.165) is 0 Å². The lowest BCUT2D eigenvalue weighted by molar-refractivity contribution is 0.614. The molecule has 56 valence electrons. The molecule has 11 heavy (non-hydrogen) atoms. The van der Waals surface area contributed by atoms with Crippen LogP contribution in [0.1, 0.15) is 11.1 Å². The molecule has 0 bridgehead atoms. The van der Waals surface area contributed by atoms with Crippen molar-refractivity contribution in [3.63, 3.8) is 0 Å². The highest BCUT2D eigenvalue weighted by Crippen LogP contribution is 2.16. The lowest BCUT2D eigenvalue weighted by atomic mass is 10.1. The van der Waals surface area contributed by atoms with Crippen LogP contribution in [0.2, 0.25) is 0 Å². The SMILES string of the molecule is Cc1c(F)cc(S)cc1C#N. The lowest BCUT2D eigenvalue weighted by Gasteiger charge is -1.99. The second-order valence-electron chi connectivity index (χ2n) is 2.21. The van der Waals surface area contributed by atoms with Crippen molar-refractivity contribution in [3.8, 4) is 6.07 Å². The Hall–Kier alpha value is -1.01. The molecule has 1 nitrogen and oxygen atoms in total. The van der Waals surface area contributed by atoms with Crippen LogP contribution in [-0.2, 0) is 0 Å². The highest BCUT2D eigenvalue weighted by molar-refractivity contribution is 7.80. The highest BCUT2D eigenvalue weighted by atomic mass is 32.1. The van der Waals surface area contributed by atoms with Gasteiger partial charge in [0.2, 0.25) is 0 Å². The predicted octanol–water partition coefficient (Wildman–Crippen LogP) is 2.29. The third kappa shape index (κ3) is 1.52. The zero-order valence-electron chi connectivity index (χ0n) is 5.93. The molecule has 0 spiro atoms. The Morgan fingerprint density at radius 3 is 2.73 bits per heavy atom. The quantitative estimate of drug-likeness (QED) is 0.589. The van der Waals surface area contributed by atoms with E-state index in [1.165, 1.54) is 6.07 Å². The Labute approximate surface area is 69.9 Å². The van der Waals surface area contributed by atoms with E-state index in [1.54, 1.807) is 13.0 Å². The van der Waals surface area contributed by atoms with Crippen LogP contribution in [-0.4, -0.2) is 0 Å². The minimum atomic E-state index is -0.381. The van der Waals surface area contributed by atoms with Crippen LogP contribution in [0.3, 0.4) is 0 Å². The summed E-state index contributed by atoms with van der Waals surface area (Å²) in [6, 6.07) is 4.72. The maximum Gasteiger partial charge on any atom is 0.128 e. The molecule has 0 heterocycles. The molecule has 0 unspecified atom stereocenters. The number of hydrogen-bond acceptors (Lipinski definition) is 2. The van der Waals surface area contributed by atoms with Crippen molar-refractivity contribution in [1.29, 1.82) is 5.26 Å².